The van der Waals surface area contributed by atoms with Crippen molar-refractivity contribution in [2.24, 2.45) is 0 Å². The molecule has 16 heavy (non-hydrogen) atoms. The molecular formula is C10H11F2N3O. The van der Waals surface area contributed by atoms with Gasteiger partial charge >= 0.3 is 5.92 Å². The monoisotopic (exact) mass is 227 g/mol. The summed E-state index contributed by atoms with van der Waals surface area (Å²) >= 11 is 0. The second-order valence-electron chi connectivity index (χ2n) is 3.22. The van der Waals surface area contributed by atoms with Gasteiger partial charge in [0.25, 0.3) is 5.91 Å². The van der Waals surface area contributed by atoms with Gasteiger partial charge in [0.15, 0.2) is 0 Å². The largest absolute Gasteiger partial charge is 0.354 e. The molecule has 1 N–H and O–H groups in total. The maximum atomic E-state index is 13.4. The second kappa shape index (κ2) is 4.34. The molecule has 1 aromatic heterocycles. The Balaban J connectivity index is 3.04. The molecule has 0 radical (unpaired) electrons. The summed E-state index contributed by atoms with van der Waals surface area (Å²) in [5, 5.41) is 2.32. The summed E-state index contributed by atoms with van der Waals surface area (Å²) in [4.78, 5) is 18.2. The zero-order chi connectivity index (χ0) is 12.3. The Kier molecular flexibility index (Phi) is 3.31. The van der Waals surface area contributed by atoms with Crippen molar-refractivity contribution >= 4 is 5.91 Å². The maximum absolute atomic E-state index is 13.4. The topological polar surface area (TPSA) is 54.9 Å². The van der Waals surface area contributed by atoms with E-state index in [1.165, 1.54) is 14.0 Å². The predicted octanol–water partition coefficient (Wildman–Crippen LogP) is 1.50. The molecule has 86 valence electrons. The molecule has 0 saturated carbocycles. The van der Waals surface area contributed by atoms with E-state index in [1.54, 1.807) is 0 Å². The molecule has 4 nitrogen and oxygen atoms in total. The van der Waals surface area contributed by atoms with Crippen LogP contribution in [0.1, 0.15) is 23.1 Å². The number of allylic oxidation sites excluding steroid dienone is 1. The van der Waals surface area contributed by atoms with E-state index in [9.17, 15) is 13.6 Å². The van der Waals surface area contributed by atoms with Crippen LogP contribution in [0.25, 0.3) is 0 Å². The van der Waals surface area contributed by atoms with Crippen molar-refractivity contribution in [3.05, 3.63) is 35.9 Å². The third-order valence-corrected chi connectivity index (χ3v) is 1.97. The highest BCUT2D eigenvalue weighted by atomic mass is 19.3. The minimum atomic E-state index is -3.23. The molecular weight excluding hydrogens is 216 g/mol. The zero-order valence-corrected chi connectivity index (χ0v) is 8.92. The lowest BCUT2D eigenvalue weighted by atomic mass is 10.1. The number of nitrogens with one attached hydrogen (secondary N) is 1. The molecule has 1 rings (SSSR count). The Bertz CT molecular complexity index is 415. The highest BCUT2D eigenvalue weighted by Crippen LogP contribution is 2.32. The zero-order valence-electron chi connectivity index (χ0n) is 8.92. The number of carbonyl (C=O) groups is 1. The fourth-order valence-electron chi connectivity index (χ4n) is 0.954. The lowest BCUT2D eigenvalue weighted by molar-refractivity contribution is 0.0332. The number of alkyl halides is 2. The average Bonchev–Trinajstić information content (AvgIpc) is 2.28. The molecule has 0 aliphatic heterocycles. The van der Waals surface area contributed by atoms with Gasteiger partial charge in [-0.15, -0.1) is 0 Å². The lowest BCUT2D eigenvalue weighted by Crippen LogP contribution is -2.21. The molecule has 0 aliphatic rings. The van der Waals surface area contributed by atoms with Crippen LogP contribution in [0.15, 0.2) is 24.5 Å². The van der Waals surface area contributed by atoms with E-state index in [1.807, 2.05) is 0 Å². The molecule has 0 spiro atoms. The Morgan fingerprint density at radius 2 is 2.06 bits per heavy atom. The molecule has 0 aromatic carbocycles. The van der Waals surface area contributed by atoms with Crippen LogP contribution in [0.3, 0.4) is 0 Å². The van der Waals surface area contributed by atoms with Gasteiger partial charge in [0, 0.05) is 7.05 Å². The summed E-state index contributed by atoms with van der Waals surface area (Å²) in [6.07, 6.45) is 1.88. The number of halogens is 2. The van der Waals surface area contributed by atoms with Crippen molar-refractivity contribution in [3.63, 3.8) is 0 Å². The quantitative estimate of drug-likeness (QED) is 0.796. The highest BCUT2D eigenvalue weighted by molar-refractivity contribution is 5.91. The fraction of sp³-hybridized carbons (Fsp3) is 0.300. The average molecular weight is 227 g/mol. The van der Waals surface area contributed by atoms with Gasteiger partial charge in [-0.3, -0.25) is 9.78 Å². The first-order valence-electron chi connectivity index (χ1n) is 4.48. The van der Waals surface area contributed by atoms with E-state index in [-0.39, 0.29) is 11.3 Å². The molecule has 1 aromatic rings. The SMILES string of the molecule is C=C(C)C(F)(F)c1cnc(C(=O)NC)cn1. The van der Waals surface area contributed by atoms with Crippen LogP contribution in [0.4, 0.5) is 8.78 Å². The third kappa shape index (κ3) is 2.21. The number of carbonyl (C=O) groups excluding carboxylic acids is 1. The van der Waals surface area contributed by atoms with Crippen LogP contribution in [0.2, 0.25) is 0 Å². The molecule has 0 fully saturated rings. The summed E-state index contributed by atoms with van der Waals surface area (Å²) in [5.74, 6) is -3.70. The molecule has 0 aliphatic carbocycles. The fourth-order valence-corrected chi connectivity index (χ4v) is 0.954. The van der Waals surface area contributed by atoms with Crippen LogP contribution in [0, 0.1) is 0 Å². The summed E-state index contributed by atoms with van der Waals surface area (Å²) < 4.78 is 26.8. The Morgan fingerprint density at radius 1 is 1.44 bits per heavy atom. The van der Waals surface area contributed by atoms with Gasteiger partial charge in [0.1, 0.15) is 11.4 Å². The minimum Gasteiger partial charge on any atom is -0.354 e. The van der Waals surface area contributed by atoms with E-state index in [4.69, 9.17) is 0 Å². The van der Waals surface area contributed by atoms with Crippen LogP contribution >= 0.6 is 0 Å². The van der Waals surface area contributed by atoms with E-state index < -0.39 is 17.5 Å². The normalized spacial score (nSPS) is 11.0. The van der Waals surface area contributed by atoms with Crippen molar-refractivity contribution in [1.29, 1.82) is 0 Å². The van der Waals surface area contributed by atoms with Gasteiger partial charge in [-0.25, -0.2) is 4.98 Å². The second-order valence-corrected chi connectivity index (χ2v) is 3.22. The predicted molar refractivity (Wildman–Crippen MR) is 54.1 cm³/mol. The van der Waals surface area contributed by atoms with E-state index in [0.29, 0.717) is 0 Å². The number of aromatic nitrogens is 2. The molecule has 1 amide bonds. The molecule has 0 atom stereocenters. The summed E-state index contributed by atoms with van der Waals surface area (Å²) in [5.41, 5.74) is -0.856. The third-order valence-electron chi connectivity index (χ3n) is 1.97. The summed E-state index contributed by atoms with van der Waals surface area (Å²) in [6.45, 7) is 4.38. The maximum Gasteiger partial charge on any atom is 0.311 e. The number of hydrogen-bond donors (Lipinski definition) is 1. The van der Waals surface area contributed by atoms with Gasteiger partial charge in [0.05, 0.1) is 12.4 Å². The minimum absolute atomic E-state index is 0.0104. The first-order valence-corrected chi connectivity index (χ1v) is 4.48. The van der Waals surface area contributed by atoms with Gasteiger partial charge < -0.3 is 5.32 Å². The number of rotatable bonds is 3. The number of nitrogens with zero attached hydrogens (tertiary/aromatic N) is 2. The van der Waals surface area contributed by atoms with Crippen LogP contribution in [-0.4, -0.2) is 22.9 Å². The Labute approximate surface area is 91.4 Å². The van der Waals surface area contributed by atoms with Crippen molar-refractivity contribution in [1.82, 2.24) is 15.3 Å². The number of amides is 1. The molecule has 1 heterocycles. The van der Waals surface area contributed by atoms with E-state index >= 15 is 0 Å². The smallest absolute Gasteiger partial charge is 0.311 e. The van der Waals surface area contributed by atoms with Gasteiger partial charge in [0.2, 0.25) is 0 Å². The van der Waals surface area contributed by atoms with Gasteiger partial charge in [-0.2, -0.15) is 8.78 Å². The van der Waals surface area contributed by atoms with Crippen LogP contribution in [-0.2, 0) is 5.92 Å². The van der Waals surface area contributed by atoms with Crippen molar-refractivity contribution < 1.29 is 13.6 Å². The van der Waals surface area contributed by atoms with E-state index in [2.05, 4.69) is 21.9 Å². The van der Waals surface area contributed by atoms with Gasteiger partial charge in [-0.1, -0.05) is 6.58 Å². The first-order chi connectivity index (χ1) is 7.39. The summed E-state index contributed by atoms with van der Waals surface area (Å²) in [7, 11) is 1.42. The lowest BCUT2D eigenvalue weighted by Gasteiger charge is -2.14. The molecule has 0 unspecified atom stereocenters. The van der Waals surface area contributed by atoms with Crippen LogP contribution in [0.5, 0.6) is 0 Å². The Morgan fingerprint density at radius 3 is 2.44 bits per heavy atom. The molecule has 0 bridgehead atoms. The molecule has 6 heteroatoms. The standard InChI is InChI=1S/C10H11F2N3O/c1-6(2)10(11,12)8-5-14-7(4-15-8)9(16)13-3/h4-5H,1H2,2-3H3,(H,13,16). The van der Waals surface area contributed by atoms with Crippen molar-refractivity contribution in [3.8, 4) is 0 Å². The summed E-state index contributed by atoms with van der Waals surface area (Å²) in [6, 6.07) is 0. The van der Waals surface area contributed by atoms with Crippen LogP contribution < -0.4 is 5.32 Å². The molecule has 0 saturated heterocycles. The van der Waals surface area contributed by atoms with Crippen molar-refractivity contribution in [2.75, 3.05) is 7.05 Å². The van der Waals surface area contributed by atoms with Crippen molar-refractivity contribution in [2.45, 2.75) is 12.8 Å². The van der Waals surface area contributed by atoms with Gasteiger partial charge in [-0.05, 0) is 12.5 Å². The number of hydrogen-bond acceptors (Lipinski definition) is 3. The van der Waals surface area contributed by atoms with E-state index in [0.717, 1.165) is 12.4 Å². The Hall–Kier alpha value is -1.85. The first kappa shape index (κ1) is 12.2. The highest BCUT2D eigenvalue weighted by Gasteiger charge is 2.34.